The molecule has 0 saturated carbocycles. The minimum absolute atomic E-state index is 0.0743. The number of carbonyl (C=O) groups is 2. The number of amides is 1. The third-order valence-corrected chi connectivity index (χ3v) is 5.25. The van der Waals surface area contributed by atoms with Crippen LogP contribution in [0.3, 0.4) is 0 Å². The Morgan fingerprint density at radius 3 is 2.38 bits per heavy atom. The molecule has 1 N–H and O–H groups in total. The van der Waals surface area contributed by atoms with Crippen LogP contribution in [-0.2, 0) is 9.59 Å². The van der Waals surface area contributed by atoms with Gasteiger partial charge in [-0.2, -0.15) is 12.6 Å². The van der Waals surface area contributed by atoms with Gasteiger partial charge in [0.25, 0.3) is 0 Å². The van der Waals surface area contributed by atoms with Gasteiger partial charge in [0.2, 0.25) is 5.91 Å². The van der Waals surface area contributed by atoms with E-state index >= 15 is 0 Å². The van der Waals surface area contributed by atoms with E-state index in [9.17, 15) is 14.7 Å². The summed E-state index contributed by atoms with van der Waals surface area (Å²) in [6, 6.07) is -0.478. The molecule has 2 saturated heterocycles. The molecule has 0 aromatic rings. The highest BCUT2D eigenvalue weighted by molar-refractivity contribution is 7.80. The van der Waals surface area contributed by atoms with Crippen molar-refractivity contribution < 1.29 is 14.7 Å². The molecule has 2 aliphatic rings. The quantitative estimate of drug-likeness (QED) is 0.772. The summed E-state index contributed by atoms with van der Waals surface area (Å²) in [5.74, 6) is -0.726. The molecule has 2 aliphatic heterocycles. The number of nitrogens with zero attached hydrogens (tertiary/aromatic N) is 2. The minimum atomic E-state index is -0.882. The fourth-order valence-corrected chi connectivity index (χ4v) is 3.53. The Bertz CT molecular complexity index is 383. The first kappa shape index (κ1) is 16.6. The van der Waals surface area contributed by atoms with Gasteiger partial charge in [0, 0.05) is 24.3 Å². The van der Waals surface area contributed by atoms with Crippen LogP contribution >= 0.6 is 12.6 Å². The average molecular weight is 314 g/mol. The Labute approximate surface area is 132 Å². The number of hydrogen-bond acceptors (Lipinski definition) is 4. The first-order valence-electron chi connectivity index (χ1n) is 7.92. The number of carbonyl (C=O) groups excluding carboxylic acids is 1. The molecule has 5 nitrogen and oxygen atoms in total. The van der Waals surface area contributed by atoms with E-state index in [1.807, 2.05) is 6.92 Å². The molecule has 21 heavy (non-hydrogen) atoms. The van der Waals surface area contributed by atoms with E-state index in [0.717, 1.165) is 13.1 Å². The Morgan fingerprint density at radius 2 is 1.86 bits per heavy atom. The SMILES string of the molecule is CC(CS)C(=O)N1CC(N2CCCCCC2)C[C@H]1C(=O)O. The zero-order valence-corrected chi connectivity index (χ0v) is 13.6. The highest BCUT2D eigenvalue weighted by Gasteiger charge is 2.42. The van der Waals surface area contributed by atoms with E-state index in [1.54, 1.807) is 4.90 Å². The topological polar surface area (TPSA) is 60.9 Å². The number of aliphatic carboxylic acids is 1. The van der Waals surface area contributed by atoms with Gasteiger partial charge in [-0.25, -0.2) is 4.79 Å². The van der Waals surface area contributed by atoms with Gasteiger partial charge in [-0.3, -0.25) is 9.69 Å². The Kier molecular flexibility index (Phi) is 5.93. The van der Waals surface area contributed by atoms with Gasteiger partial charge in [-0.1, -0.05) is 19.8 Å². The first-order chi connectivity index (χ1) is 10.0. The summed E-state index contributed by atoms with van der Waals surface area (Å²) in [6.45, 7) is 4.42. The lowest BCUT2D eigenvalue weighted by Gasteiger charge is -2.28. The molecule has 2 fully saturated rings. The lowest BCUT2D eigenvalue weighted by atomic mass is 10.1. The van der Waals surface area contributed by atoms with Gasteiger partial charge >= 0.3 is 5.97 Å². The smallest absolute Gasteiger partial charge is 0.326 e. The van der Waals surface area contributed by atoms with E-state index in [4.69, 9.17) is 0 Å². The fraction of sp³-hybridized carbons (Fsp3) is 0.867. The van der Waals surface area contributed by atoms with Crippen molar-refractivity contribution in [3.05, 3.63) is 0 Å². The third kappa shape index (κ3) is 3.92. The standard InChI is InChI=1S/C15H26N2O3S/c1-11(10-21)14(18)17-9-12(8-13(17)15(19)20)16-6-4-2-3-5-7-16/h11-13,21H,2-10H2,1H3,(H,19,20)/t11?,12?,13-/m0/s1. The number of rotatable bonds is 4. The average Bonchev–Trinajstić information content (AvgIpc) is 2.74. The number of carboxylic acids is 1. The van der Waals surface area contributed by atoms with Crippen molar-refractivity contribution in [1.29, 1.82) is 0 Å². The van der Waals surface area contributed by atoms with Crippen LogP contribution in [0.2, 0.25) is 0 Å². The van der Waals surface area contributed by atoms with E-state index < -0.39 is 12.0 Å². The highest BCUT2D eigenvalue weighted by Crippen LogP contribution is 2.26. The molecular formula is C15H26N2O3S. The summed E-state index contributed by atoms with van der Waals surface area (Å²) >= 11 is 4.16. The van der Waals surface area contributed by atoms with Crippen molar-refractivity contribution in [3.63, 3.8) is 0 Å². The minimum Gasteiger partial charge on any atom is -0.480 e. The van der Waals surface area contributed by atoms with Gasteiger partial charge < -0.3 is 10.0 Å². The summed E-state index contributed by atoms with van der Waals surface area (Å²) in [5, 5.41) is 9.43. The Hall–Kier alpha value is -0.750. The normalized spacial score (nSPS) is 29.1. The van der Waals surface area contributed by atoms with Crippen LogP contribution in [-0.4, -0.2) is 64.3 Å². The molecule has 0 aliphatic carbocycles. The van der Waals surface area contributed by atoms with Crippen LogP contribution in [0.25, 0.3) is 0 Å². The Morgan fingerprint density at radius 1 is 1.24 bits per heavy atom. The first-order valence-corrected chi connectivity index (χ1v) is 8.56. The summed E-state index contributed by atoms with van der Waals surface area (Å²) in [7, 11) is 0. The van der Waals surface area contributed by atoms with Crippen molar-refractivity contribution in [2.24, 2.45) is 5.92 Å². The molecule has 2 unspecified atom stereocenters. The van der Waals surface area contributed by atoms with Crippen LogP contribution in [0, 0.1) is 5.92 Å². The van der Waals surface area contributed by atoms with Gasteiger partial charge in [0.1, 0.15) is 6.04 Å². The van der Waals surface area contributed by atoms with E-state index in [1.165, 1.54) is 25.7 Å². The van der Waals surface area contributed by atoms with Crippen molar-refractivity contribution in [3.8, 4) is 0 Å². The molecule has 3 atom stereocenters. The second kappa shape index (κ2) is 7.49. The monoisotopic (exact) mass is 314 g/mol. The fourth-order valence-electron chi connectivity index (χ4n) is 3.38. The van der Waals surface area contributed by atoms with Gasteiger partial charge in [-0.05, 0) is 32.4 Å². The molecule has 0 radical (unpaired) electrons. The zero-order chi connectivity index (χ0) is 15.4. The largest absolute Gasteiger partial charge is 0.480 e. The summed E-state index contributed by atoms with van der Waals surface area (Å²) < 4.78 is 0. The van der Waals surface area contributed by atoms with Gasteiger partial charge in [0.05, 0.1) is 0 Å². The molecule has 0 spiro atoms. The molecule has 6 heteroatoms. The molecular weight excluding hydrogens is 288 g/mol. The molecule has 0 bridgehead atoms. The lowest BCUT2D eigenvalue weighted by molar-refractivity contribution is -0.149. The Balaban J connectivity index is 2.07. The summed E-state index contributed by atoms with van der Waals surface area (Å²) in [4.78, 5) is 27.8. The summed E-state index contributed by atoms with van der Waals surface area (Å²) in [5.41, 5.74) is 0. The maximum absolute atomic E-state index is 12.4. The number of hydrogen-bond donors (Lipinski definition) is 2. The summed E-state index contributed by atoms with van der Waals surface area (Å²) in [6.07, 6.45) is 5.42. The van der Waals surface area contributed by atoms with Crippen LogP contribution in [0.15, 0.2) is 0 Å². The van der Waals surface area contributed by atoms with Crippen molar-refractivity contribution in [2.75, 3.05) is 25.4 Å². The number of thiol groups is 1. The molecule has 2 heterocycles. The predicted octanol–water partition coefficient (Wildman–Crippen LogP) is 1.48. The third-order valence-electron chi connectivity index (χ3n) is 4.70. The number of likely N-dealkylation sites (tertiary alicyclic amines) is 2. The maximum atomic E-state index is 12.4. The van der Waals surface area contributed by atoms with Crippen molar-refractivity contribution in [1.82, 2.24) is 9.80 Å². The van der Waals surface area contributed by atoms with E-state index in [-0.39, 0.29) is 17.9 Å². The maximum Gasteiger partial charge on any atom is 0.326 e. The highest BCUT2D eigenvalue weighted by atomic mass is 32.1. The van der Waals surface area contributed by atoms with E-state index in [0.29, 0.717) is 18.7 Å². The van der Waals surface area contributed by atoms with Crippen LogP contribution in [0.4, 0.5) is 0 Å². The van der Waals surface area contributed by atoms with Crippen LogP contribution in [0.5, 0.6) is 0 Å². The molecule has 0 aromatic heterocycles. The molecule has 120 valence electrons. The van der Waals surface area contributed by atoms with Gasteiger partial charge in [-0.15, -0.1) is 0 Å². The van der Waals surface area contributed by atoms with Crippen LogP contribution < -0.4 is 0 Å². The second-order valence-electron chi connectivity index (χ2n) is 6.27. The molecule has 0 aromatic carbocycles. The van der Waals surface area contributed by atoms with Crippen molar-refractivity contribution >= 4 is 24.5 Å². The van der Waals surface area contributed by atoms with Gasteiger partial charge in [0.15, 0.2) is 0 Å². The lowest BCUT2D eigenvalue weighted by Crippen LogP contribution is -2.44. The van der Waals surface area contributed by atoms with Crippen LogP contribution in [0.1, 0.15) is 39.0 Å². The molecule has 2 rings (SSSR count). The van der Waals surface area contributed by atoms with E-state index in [2.05, 4.69) is 17.5 Å². The molecule has 1 amide bonds. The predicted molar refractivity (Wildman–Crippen MR) is 84.6 cm³/mol. The number of carboxylic acid groups (broad SMARTS) is 1. The zero-order valence-electron chi connectivity index (χ0n) is 12.7. The van der Waals surface area contributed by atoms with Crippen molar-refractivity contribution in [2.45, 2.75) is 51.1 Å². The second-order valence-corrected chi connectivity index (χ2v) is 6.63.